The van der Waals surface area contributed by atoms with Crippen LogP contribution in [0.3, 0.4) is 0 Å². The van der Waals surface area contributed by atoms with Gasteiger partial charge in [0.15, 0.2) is 0 Å². The SMILES string of the molecule is O=C(O)c1ccc(Cn2ccc3cc(F)ccc3c2=O)o1. The second kappa shape index (κ2) is 4.90. The molecule has 0 amide bonds. The highest BCUT2D eigenvalue weighted by molar-refractivity contribution is 5.84. The minimum atomic E-state index is -1.16. The largest absolute Gasteiger partial charge is 0.475 e. The molecule has 0 unspecified atom stereocenters. The summed E-state index contributed by atoms with van der Waals surface area (Å²) in [4.78, 5) is 23.0. The van der Waals surface area contributed by atoms with Crippen molar-refractivity contribution in [1.29, 1.82) is 0 Å². The first-order valence-corrected chi connectivity index (χ1v) is 6.15. The molecular weight excluding hydrogens is 277 g/mol. The molecule has 0 fully saturated rings. The number of furan rings is 1. The van der Waals surface area contributed by atoms with Gasteiger partial charge in [0, 0.05) is 11.6 Å². The number of carboxylic acids is 1. The Bertz CT molecular complexity index is 894. The fraction of sp³-hybridized carbons (Fsp3) is 0.0667. The lowest BCUT2D eigenvalue weighted by Gasteiger charge is -2.05. The first-order valence-electron chi connectivity index (χ1n) is 6.15. The first kappa shape index (κ1) is 13.1. The molecule has 2 aromatic heterocycles. The van der Waals surface area contributed by atoms with E-state index in [1.807, 2.05) is 0 Å². The van der Waals surface area contributed by atoms with Crippen molar-refractivity contribution in [1.82, 2.24) is 4.57 Å². The molecule has 21 heavy (non-hydrogen) atoms. The van der Waals surface area contributed by atoms with Gasteiger partial charge in [-0.05, 0) is 41.8 Å². The molecule has 0 aliphatic heterocycles. The maximum atomic E-state index is 13.1. The van der Waals surface area contributed by atoms with Gasteiger partial charge in [0.1, 0.15) is 11.6 Å². The van der Waals surface area contributed by atoms with Gasteiger partial charge in [-0.25, -0.2) is 9.18 Å². The van der Waals surface area contributed by atoms with Crippen LogP contribution in [0.5, 0.6) is 0 Å². The first-order chi connectivity index (χ1) is 10.0. The third-order valence-electron chi connectivity index (χ3n) is 3.14. The molecule has 0 bridgehead atoms. The van der Waals surface area contributed by atoms with Crippen LogP contribution in [0.2, 0.25) is 0 Å². The number of aromatic carboxylic acids is 1. The van der Waals surface area contributed by atoms with Crippen LogP contribution in [0.15, 0.2) is 51.8 Å². The van der Waals surface area contributed by atoms with Crippen molar-refractivity contribution < 1.29 is 18.7 Å². The molecule has 3 rings (SSSR count). The summed E-state index contributed by atoms with van der Waals surface area (Å²) in [6, 6.07) is 8.40. The van der Waals surface area contributed by atoms with E-state index in [4.69, 9.17) is 9.52 Å². The lowest BCUT2D eigenvalue weighted by Crippen LogP contribution is -2.19. The van der Waals surface area contributed by atoms with Crippen LogP contribution in [0.1, 0.15) is 16.3 Å². The van der Waals surface area contributed by atoms with Gasteiger partial charge in [-0.15, -0.1) is 0 Å². The molecule has 5 nitrogen and oxygen atoms in total. The highest BCUT2D eigenvalue weighted by Gasteiger charge is 2.10. The number of nitrogens with zero attached hydrogens (tertiary/aromatic N) is 1. The van der Waals surface area contributed by atoms with E-state index in [0.717, 1.165) is 0 Å². The number of fused-ring (bicyclic) bond motifs is 1. The molecule has 0 radical (unpaired) electrons. The summed E-state index contributed by atoms with van der Waals surface area (Å²) in [6.45, 7) is 0.111. The van der Waals surface area contributed by atoms with E-state index in [0.29, 0.717) is 16.5 Å². The maximum absolute atomic E-state index is 13.1. The summed E-state index contributed by atoms with van der Waals surface area (Å²) in [6.07, 6.45) is 1.52. The van der Waals surface area contributed by atoms with Crippen molar-refractivity contribution in [3.63, 3.8) is 0 Å². The molecule has 0 aliphatic rings. The fourth-order valence-electron chi connectivity index (χ4n) is 2.13. The lowest BCUT2D eigenvalue weighted by molar-refractivity contribution is 0.0660. The van der Waals surface area contributed by atoms with Crippen LogP contribution in [0.25, 0.3) is 10.8 Å². The number of carboxylic acid groups (broad SMARTS) is 1. The van der Waals surface area contributed by atoms with Crippen LogP contribution < -0.4 is 5.56 Å². The molecule has 0 aliphatic carbocycles. The van der Waals surface area contributed by atoms with Crippen molar-refractivity contribution in [2.24, 2.45) is 0 Å². The van der Waals surface area contributed by atoms with Crippen molar-refractivity contribution in [3.05, 3.63) is 70.3 Å². The number of pyridine rings is 1. The van der Waals surface area contributed by atoms with E-state index in [2.05, 4.69) is 0 Å². The molecule has 0 spiro atoms. The zero-order valence-corrected chi connectivity index (χ0v) is 10.7. The van der Waals surface area contributed by atoms with E-state index in [-0.39, 0.29) is 17.9 Å². The topological polar surface area (TPSA) is 72.4 Å². The minimum Gasteiger partial charge on any atom is -0.475 e. The Kier molecular flexibility index (Phi) is 3.06. The number of rotatable bonds is 3. The number of benzene rings is 1. The Morgan fingerprint density at radius 3 is 2.76 bits per heavy atom. The molecule has 1 aromatic carbocycles. The third kappa shape index (κ3) is 2.43. The summed E-state index contributed by atoms with van der Waals surface area (Å²) in [5.41, 5.74) is -0.291. The van der Waals surface area contributed by atoms with Gasteiger partial charge in [-0.2, -0.15) is 0 Å². The van der Waals surface area contributed by atoms with Crippen LogP contribution in [0.4, 0.5) is 4.39 Å². The number of halogens is 1. The maximum Gasteiger partial charge on any atom is 0.371 e. The normalized spacial score (nSPS) is 10.9. The summed E-state index contributed by atoms with van der Waals surface area (Å²) in [7, 11) is 0. The summed E-state index contributed by atoms with van der Waals surface area (Å²) in [5.74, 6) is -1.39. The molecule has 0 saturated carbocycles. The number of carbonyl (C=O) groups is 1. The molecule has 3 aromatic rings. The Balaban J connectivity index is 2.00. The Labute approximate surface area is 117 Å². The quantitative estimate of drug-likeness (QED) is 0.803. The molecule has 0 atom stereocenters. The minimum absolute atomic E-state index is 0.111. The van der Waals surface area contributed by atoms with Gasteiger partial charge in [0.2, 0.25) is 5.76 Å². The smallest absolute Gasteiger partial charge is 0.371 e. The standard InChI is InChI=1S/C15H10FNO4/c16-10-1-3-12-9(7-10)5-6-17(14(12)18)8-11-2-4-13(21-11)15(19)20/h1-7H,8H2,(H,19,20). The van der Waals surface area contributed by atoms with Crippen LogP contribution in [0, 0.1) is 5.82 Å². The second-order valence-corrected chi connectivity index (χ2v) is 4.55. The van der Waals surface area contributed by atoms with Gasteiger partial charge in [0.25, 0.3) is 5.56 Å². The lowest BCUT2D eigenvalue weighted by atomic mass is 10.1. The van der Waals surface area contributed by atoms with E-state index >= 15 is 0 Å². The number of hydrogen-bond acceptors (Lipinski definition) is 3. The summed E-state index contributed by atoms with van der Waals surface area (Å²) < 4.78 is 19.6. The molecule has 6 heteroatoms. The predicted molar refractivity (Wildman–Crippen MR) is 72.9 cm³/mol. The van der Waals surface area contributed by atoms with Crippen molar-refractivity contribution in [2.45, 2.75) is 6.54 Å². The van der Waals surface area contributed by atoms with Gasteiger partial charge < -0.3 is 14.1 Å². The molecule has 2 heterocycles. The van der Waals surface area contributed by atoms with E-state index < -0.39 is 11.8 Å². The van der Waals surface area contributed by atoms with Crippen LogP contribution in [-0.2, 0) is 6.54 Å². The number of hydrogen-bond donors (Lipinski definition) is 1. The van der Waals surface area contributed by atoms with Crippen molar-refractivity contribution in [2.75, 3.05) is 0 Å². The zero-order valence-electron chi connectivity index (χ0n) is 10.7. The van der Waals surface area contributed by atoms with Gasteiger partial charge in [0.05, 0.1) is 6.54 Å². The summed E-state index contributed by atoms with van der Waals surface area (Å²) in [5, 5.41) is 9.70. The predicted octanol–water partition coefficient (Wildman–Crippen LogP) is 2.48. The van der Waals surface area contributed by atoms with Gasteiger partial charge >= 0.3 is 5.97 Å². The molecule has 106 valence electrons. The third-order valence-corrected chi connectivity index (χ3v) is 3.14. The van der Waals surface area contributed by atoms with E-state index in [1.54, 1.807) is 6.07 Å². The Morgan fingerprint density at radius 2 is 2.05 bits per heavy atom. The van der Waals surface area contributed by atoms with Crippen LogP contribution >= 0.6 is 0 Å². The highest BCUT2D eigenvalue weighted by Crippen LogP contribution is 2.13. The Morgan fingerprint density at radius 1 is 1.24 bits per heavy atom. The van der Waals surface area contributed by atoms with Crippen molar-refractivity contribution >= 4 is 16.7 Å². The van der Waals surface area contributed by atoms with Crippen LogP contribution in [-0.4, -0.2) is 15.6 Å². The van der Waals surface area contributed by atoms with Gasteiger partial charge in [-0.3, -0.25) is 4.79 Å². The van der Waals surface area contributed by atoms with Gasteiger partial charge in [-0.1, -0.05) is 0 Å². The highest BCUT2D eigenvalue weighted by atomic mass is 19.1. The zero-order chi connectivity index (χ0) is 15.0. The second-order valence-electron chi connectivity index (χ2n) is 4.55. The average molecular weight is 287 g/mol. The fourth-order valence-corrected chi connectivity index (χ4v) is 2.13. The van der Waals surface area contributed by atoms with Crippen molar-refractivity contribution in [3.8, 4) is 0 Å². The Hall–Kier alpha value is -2.89. The molecule has 1 N–H and O–H groups in total. The summed E-state index contributed by atoms with van der Waals surface area (Å²) >= 11 is 0. The molecule has 0 saturated heterocycles. The number of aromatic nitrogens is 1. The monoisotopic (exact) mass is 287 g/mol. The average Bonchev–Trinajstić information content (AvgIpc) is 2.91. The molecular formula is C15H10FNO4. The van der Waals surface area contributed by atoms with E-state index in [1.165, 1.54) is 41.1 Å². The van der Waals surface area contributed by atoms with E-state index in [9.17, 15) is 14.0 Å².